The van der Waals surface area contributed by atoms with E-state index in [2.05, 4.69) is 21.2 Å². The zero-order valence-corrected chi connectivity index (χ0v) is 13.0. The van der Waals surface area contributed by atoms with Gasteiger partial charge in [0, 0.05) is 10.2 Å². The molecule has 2 aromatic carbocycles. The molecule has 0 aliphatic carbocycles. The molecule has 0 saturated heterocycles. The lowest BCUT2D eigenvalue weighted by Gasteiger charge is -2.12. The standard InChI is InChI=1S/C15H13BrClNO/c1-9-5-3-6-10(2)14(9)18-15(19)11-7-4-8-12(16)13(11)17/h3-8H,1-2H3,(H,18,19). The largest absolute Gasteiger partial charge is 0.321 e. The summed E-state index contributed by atoms with van der Waals surface area (Å²) in [5.74, 6) is -0.205. The summed E-state index contributed by atoms with van der Waals surface area (Å²) in [6.45, 7) is 3.93. The molecule has 0 heterocycles. The van der Waals surface area contributed by atoms with Gasteiger partial charge in [-0.25, -0.2) is 0 Å². The third kappa shape index (κ3) is 2.99. The number of hydrogen-bond acceptors (Lipinski definition) is 1. The highest BCUT2D eigenvalue weighted by molar-refractivity contribution is 9.10. The molecule has 0 saturated carbocycles. The minimum atomic E-state index is -0.205. The van der Waals surface area contributed by atoms with Gasteiger partial charge in [-0.1, -0.05) is 35.9 Å². The number of carbonyl (C=O) groups is 1. The highest BCUT2D eigenvalue weighted by atomic mass is 79.9. The number of para-hydroxylation sites is 1. The summed E-state index contributed by atoms with van der Waals surface area (Å²) >= 11 is 9.44. The summed E-state index contributed by atoms with van der Waals surface area (Å²) in [5, 5.41) is 3.34. The Hall–Kier alpha value is -1.32. The molecule has 0 fully saturated rings. The SMILES string of the molecule is Cc1cccc(C)c1NC(=O)c1cccc(Br)c1Cl. The first-order chi connectivity index (χ1) is 9.00. The number of benzene rings is 2. The van der Waals surface area contributed by atoms with Crippen molar-refractivity contribution in [2.45, 2.75) is 13.8 Å². The summed E-state index contributed by atoms with van der Waals surface area (Å²) in [6, 6.07) is 11.2. The number of hydrogen-bond donors (Lipinski definition) is 1. The van der Waals surface area contributed by atoms with Crippen LogP contribution in [0.3, 0.4) is 0 Å². The van der Waals surface area contributed by atoms with E-state index < -0.39 is 0 Å². The molecule has 1 amide bonds. The third-order valence-electron chi connectivity index (χ3n) is 2.92. The second kappa shape index (κ2) is 5.76. The summed E-state index contributed by atoms with van der Waals surface area (Å²) in [6.07, 6.45) is 0. The van der Waals surface area contributed by atoms with E-state index in [-0.39, 0.29) is 5.91 Å². The van der Waals surface area contributed by atoms with Crippen LogP contribution in [0.5, 0.6) is 0 Å². The fraction of sp³-hybridized carbons (Fsp3) is 0.133. The molecule has 0 aliphatic rings. The van der Waals surface area contributed by atoms with Gasteiger partial charge >= 0.3 is 0 Å². The first kappa shape index (κ1) is 14.1. The van der Waals surface area contributed by atoms with E-state index in [1.165, 1.54) is 0 Å². The lowest BCUT2D eigenvalue weighted by atomic mass is 10.1. The summed E-state index contributed by atoms with van der Waals surface area (Å²) in [5.41, 5.74) is 3.35. The van der Waals surface area contributed by atoms with Gasteiger partial charge in [0.2, 0.25) is 0 Å². The lowest BCUT2D eigenvalue weighted by molar-refractivity contribution is 0.102. The van der Waals surface area contributed by atoms with E-state index in [0.29, 0.717) is 15.1 Å². The van der Waals surface area contributed by atoms with Gasteiger partial charge in [0.15, 0.2) is 0 Å². The number of nitrogens with one attached hydrogen (secondary N) is 1. The highest BCUT2D eigenvalue weighted by Gasteiger charge is 2.14. The molecule has 0 aliphatic heterocycles. The quantitative estimate of drug-likeness (QED) is 0.823. The first-order valence-electron chi connectivity index (χ1n) is 5.82. The predicted molar refractivity (Wildman–Crippen MR) is 83.0 cm³/mol. The zero-order chi connectivity index (χ0) is 14.0. The van der Waals surface area contributed by atoms with Crippen LogP contribution in [-0.2, 0) is 0 Å². The van der Waals surface area contributed by atoms with Crippen molar-refractivity contribution in [1.82, 2.24) is 0 Å². The van der Waals surface area contributed by atoms with E-state index >= 15 is 0 Å². The zero-order valence-electron chi connectivity index (χ0n) is 10.6. The number of carbonyl (C=O) groups excluding carboxylic acids is 1. The Morgan fingerprint density at radius 2 is 1.68 bits per heavy atom. The van der Waals surface area contributed by atoms with Crippen molar-refractivity contribution in [2.24, 2.45) is 0 Å². The van der Waals surface area contributed by atoms with Crippen molar-refractivity contribution >= 4 is 39.1 Å². The van der Waals surface area contributed by atoms with Crippen LogP contribution in [0.25, 0.3) is 0 Å². The fourth-order valence-electron chi connectivity index (χ4n) is 1.87. The molecule has 0 aromatic heterocycles. The van der Waals surface area contributed by atoms with Gasteiger partial charge < -0.3 is 5.32 Å². The smallest absolute Gasteiger partial charge is 0.257 e. The van der Waals surface area contributed by atoms with Crippen LogP contribution in [0, 0.1) is 13.8 Å². The molecule has 0 bridgehead atoms. The summed E-state index contributed by atoms with van der Waals surface area (Å²) in [4.78, 5) is 12.3. The van der Waals surface area contributed by atoms with Crippen LogP contribution in [0.4, 0.5) is 5.69 Å². The second-order valence-corrected chi connectivity index (χ2v) is 5.55. The van der Waals surface area contributed by atoms with Crippen LogP contribution in [0.2, 0.25) is 5.02 Å². The van der Waals surface area contributed by atoms with Gasteiger partial charge in [-0.3, -0.25) is 4.79 Å². The average Bonchev–Trinajstić information content (AvgIpc) is 2.37. The number of halogens is 2. The number of aryl methyl sites for hydroxylation is 2. The molecule has 1 N–H and O–H groups in total. The monoisotopic (exact) mass is 337 g/mol. The predicted octanol–water partition coefficient (Wildman–Crippen LogP) is 4.97. The normalized spacial score (nSPS) is 10.3. The van der Waals surface area contributed by atoms with E-state index in [1.807, 2.05) is 32.0 Å². The first-order valence-corrected chi connectivity index (χ1v) is 6.99. The molecule has 4 heteroatoms. The molecule has 0 radical (unpaired) electrons. The maximum atomic E-state index is 12.3. The van der Waals surface area contributed by atoms with E-state index in [0.717, 1.165) is 16.8 Å². The number of rotatable bonds is 2. The summed E-state index contributed by atoms with van der Waals surface area (Å²) in [7, 11) is 0. The van der Waals surface area contributed by atoms with Crippen LogP contribution in [0.15, 0.2) is 40.9 Å². The van der Waals surface area contributed by atoms with E-state index in [9.17, 15) is 4.79 Å². The van der Waals surface area contributed by atoms with Gasteiger partial charge in [-0.05, 0) is 53.0 Å². The van der Waals surface area contributed by atoms with Crippen LogP contribution >= 0.6 is 27.5 Å². The van der Waals surface area contributed by atoms with Gasteiger partial charge in [-0.2, -0.15) is 0 Å². The maximum absolute atomic E-state index is 12.3. The molecule has 2 aromatic rings. The topological polar surface area (TPSA) is 29.1 Å². The van der Waals surface area contributed by atoms with Gasteiger partial charge in [0.25, 0.3) is 5.91 Å². The van der Waals surface area contributed by atoms with Crippen molar-refractivity contribution in [1.29, 1.82) is 0 Å². The Bertz CT molecular complexity index is 620. The number of amides is 1. The fourth-order valence-corrected chi connectivity index (χ4v) is 2.45. The maximum Gasteiger partial charge on any atom is 0.257 e. The van der Waals surface area contributed by atoms with Crippen LogP contribution in [-0.4, -0.2) is 5.91 Å². The molecule has 0 atom stereocenters. The van der Waals surface area contributed by atoms with Crippen LogP contribution < -0.4 is 5.32 Å². The van der Waals surface area contributed by atoms with E-state index in [4.69, 9.17) is 11.6 Å². The molecular weight excluding hydrogens is 326 g/mol. The molecular formula is C15H13BrClNO. The summed E-state index contributed by atoms with van der Waals surface area (Å²) < 4.78 is 0.711. The lowest BCUT2D eigenvalue weighted by Crippen LogP contribution is -2.14. The van der Waals surface area contributed by atoms with Crippen LogP contribution in [0.1, 0.15) is 21.5 Å². The second-order valence-electron chi connectivity index (χ2n) is 4.32. The van der Waals surface area contributed by atoms with Gasteiger partial charge in [-0.15, -0.1) is 0 Å². The van der Waals surface area contributed by atoms with Crippen molar-refractivity contribution < 1.29 is 4.79 Å². The highest BCUT2D eigenvalue weighted by Crippen LogP contribution is 2.27. The molecule has 0 unspecified atom stereocenters. The van der Waals surface area contributed by atoms with Gasteiger partial charge in [0.05, 0.1) is 10.6 Å². The van der Waals surface area contributed by atoms with Crippen molar-refractivity contribution in [3.8, 4) is 0 Å². The minimum absolute atomic E-state index is 0.205. The molecule has 2 rings (SSSR count). The molecule has 98 valence electrons. The third-order valence-corrected chi connectivity index (χ3v) is 4.21. The minimum Gasteiger partial charge on any atom is -0.321 e. The molecule has 19 heavy (non-hydrogen) atoms. The Balaban J connectivity index is 2.34. The van der Waals surface area contributed by atoms with Crippen molar-refractivity contribution in [3.05, 3.63) is 62.6 Å². The molecule has 2 nitrogen and oxygen atoms in total. The Morgan fingerprint density at radius 1 is 1.11 bits per heavy atom. The Morgan fingerprint density at radius 3 is 2.32 bits per heavy atom. The van der Waals surface area contributed by atoms with Crippen molar-refractivity contribution in [2.75, 3.05) is 5.32 Å². The average molecular weight is 339 g/mol. The Kier molecular flexibility index (Phi) is 4.27. The number of anilines is 1. The van der Waals surface area contributed by atoms with Gasteiger partial charge in [0.1, 0.15) is 0 Å². The Labute approximate surface area is 125 Å². The molecule has 0 spiro atoms. The van der Waals surface area contributed by atoms with E-state index in [1.54, 1.807) is 18.2 Å². The van der Waals surface area contributed by atoms with Crippen molar-refractivity contribution in [3.63, 3.8) is 0 Å².